The van der Waals surface area contributed by atoms with Crippen LogP contribution in [0.25, 0.3) is 0 Å². The minimum absolute atomic E-state index is 0.229. The number of ether oxygens (including phenoxy) is 3. The van der Waals surface area contributed by atoms with Crippen LogP contribution < -0.4 is 0 Å². The molecule has 0 aliphatic rings. The second-order valence-corrected chi connectivity index (χ2v) is 4.87. The quantitative estimate of drug-likeness (QED) is 0.492. The van der Waals surface area contributed by atoms with Crippen molar-refractivity contribution in [2.45, 2.75) is 34.1 Å². The van der Waals surface area contributed by atoms with E-state index >= 15 is 0 Å². The minimum atomic E-state index is -0.708. The smallest absolute Gasteiger partial charge is 0.311 e. The van der Waals surface area contributed by atoms with Gasteiger partial charge in [0.15, 0.2) is 0 Å². The zero-order valence-electron chi connectivity index (χ0n) is 11.9. The van der Waals surface area contributed by atoms with Crippen molar-refractivity contribution >= 4 is 11.9 Å². The summed E-state index contributed by atoms with van der Waals surface area (Å²) in [5.41, 5.74) is -0.708. The normalized spacial score (nSPS) is 12.9. The summed E-state index contributed by atoms with van der Waals surface area (Å²) in [4.78, 5) is 23.3. The molecule has 0 aromatic rings. The van der Waals surface area contributed by atoms with Gasteiger partial charge in [-0.25, -0.2) is 0 Å². The van der Waals surface area contributed by atoms with Gasteiger partial charge in [0, 0.05) is 7.11 Å². The average Bonchev–Trinajstić information content (AvgIpc) is 2.28. The van der Waals surface area contributed by atoms with E-state index in [0.29, 0.717) is 19.6 Å². The molecule has 5 heteroatoms. The summed E-state index contributed by atoms with van der Waals surface area (Å²) >= 11 is 0. The third kappa shape index (κ3) is 6.00. The zero-order chi connectivity index (χ0) is 14.2. The molecule has 0 saturated heterocycles. The van der Waals surface area contributed by atoms with Gasteiger partial charge in [0.2, 0.25) is 0 Å². The molecule has 0 fully saturated rings. The standard InChI is InChI=1S/C13H24O5/c1-6-17-11(14)10(2)9-13(3,4)12(15)18-8-7-16-5/h10H,6-9H2,1-5H3. The van der Waals surface area contributed by atoms with Gasteiger partial charge in [-0.1, -0.05) is 6.92 Å². The Morgan fingerprint density at radius 2 is 1.78 bits per heavy atom. The molecular formula is C13H24O5. The fourth-order valence-electron chi connectivity index (χ4n) is 1.63. The first-order valence-corrected chi connectivity index (χ1v) is 6.18. The topological polar surface area (TPSA) is 61.8 Å². The van der Waals surface area contributed by atoms with E-state index < -0.39 is 5.41 Å². The number of methoxy groups -OCH3 is 1. The van der Waals surface area contributed by atoms with Crippen LogP contribution in [-0.2, 0) is 23.8 Å². The van der Waals surface area contributed by atoms with Gasteiger partial charge in [0.1, 0.15) is 6.61 Å². The van der Waals surface area contributed by atoms with Crippen LogP contribution in [0.5, 0.6) is 0 Å². The molecule has 0 aromatic carbocycles. The Hall–Kier alpha value is -1.10. The second-order valence-electron chi connectivity index (χ2n) is 4.87. The maximum absolute atomic E-state index is 11.8. The highest BCUT2D eigenvalue weighted by atomic mass is 16.6. The van der Waals surface area contributed by atoms with E-state index in [4.69, 9.17) is 14.2 Å². The Labute approximate surface area is 109 Å². The number of rotatable bonds is 8. The summed E-state index contributed by atoms with van der Waals surface area (Å²) in [6, 6.07) is 0. The van der Waals surface area contributed by atoms with Crippen molar-refractivity contribution in [2.24, 2.45) is 11.3 Å². The van der Waals surface area contributed by atoms with Crippen molar-refractivity contribution in [3.05, 3.63) is 0 Å². The molecule has 0 aliphatic carbocycles. The Morgan fingerprint density at radius 3 is 2.28 bits per heavy atom. The molecule has 0 aromatic heterocycles. The van der Waals surface area contributed by atoms with E-state index in [0.717, 1.165) is 0 Å². The van der Waals surface area contributed by atoms with Crippen molar-refractivity contribution in [1.82, 2.24) is 0 Å². The fraction of sp³-hybridized carbons (Fsp3) is 0.846. The Kier molecular flexibility index (Phi) is 7.59. The summed E-state index contributed by atoms with van der Waals surface area (Å²) in [7, 11) is 1.54. The van der Waals surface area contributed by atoms with Gasteiger partial charge >= 0.3 is 11.9 Å². The first-order valence-electron chi connectivity index (χ1n) is 6.18. The number of hydrogen-bond acceptors (Lipinski definition) is 5. The zero-order valence-corrected chi connectivity index (χ0v) is 11.9. The van der Waals surface area contributed by atoms with Gasteiger partial charge in [-0.05, 0) is 27.2 Å². The van der Waals surface area contributed by atoms with Crippen LogP contribution in [0, 0.1) is 11.3 Å². The van der Waals surface area contributed by atoms with E-state index in [1.807, 2.05) is 0 Å². The third-order valence-electron chi connectivity index (χ3n) is 2.58. The molecule has 0 amide bonds. The summed E-state index contributed by atoms with van der Waals surface area (Å²) in [6.45, 7) is 7.98. The van der Waals surface area contributed by atoms with E-state index in [1.165, 1.54) is 0 Å². The molecule has 5 nitrogen and oxygen atoms in total. The van der Waals surface area contributed by atoms with Crippen molar-refractivity contribution in [3.8, 4) is 0 Å². The molecule has 0 N–H and O–H groups in total. The molecular weight excluding hydrogens is 236 g/mol. The fourth-order valence-corrected chi connectivity index (χ4v) is 1.63. The molecule has 0 rings (SSSR count). The summed E-state index contributed by atoms with van der Waals surface area (Å²) < 4.78 is 14.8. The van der Waals surface area contributed by atoms with E-state index in [9.17, 15) is 9.59 Å². The van der Waals surface area contributed by atoms with Crippen LogP contribution in [0.15, 0.2) is 0 Å². The highest BCUT2D eigenvalue weighted by molar-refractivity contribution is 5.78. The SMILES string of the molecule is CCOC(=O)C(C)CC(C)(C)C(=O)OCCOC. The van der Waals surface area contributed by atoms with Gasteiger partial charge in [-0.3, -0.25) is 9.59 Å². The number of carbonyl (C=O) groups excluding carboxylic acids is 2. The minimum Gasteiger partial charge on any atom is -0.466 e. The number of hydrogen-bond donors (Lipinski definition) is 0. The van der Waals surface area contributed by atoms with Gasteiger partial charge in [-0.15, -0.1) is 0 Å². The number of esters is 2. The van der Waals surface area contributed by atoms with E-state index in [-0.39, 0.29) is 24.5 Å². The van der Waals surface area contributed by atoms with Crippen LogP contribution in [-0.4, -0.2) is 38.9 Å². The Balaban J connectivity index is 4.27. The van der Waals surface area contributed by atoms with Crippen molar-refractivity contribution in [1.29, 1.82) is 0 Å². The highest BCUT2D eigenvalue weighted by Gasteiger charge is 2.33. The van der Waals surface area contributed by atoms with Crippen LogP contribution in [0.2, 0.25) is 0 Å². The van der Waals surface area contributed by atoms with Crippen LogP contribution in [0.3, 0.4) is 0 Å². The molecule has 0 spiro atoms. The van der Waals surface area contributed by atoms with Gasteiger partial charge in [-0.2, -0.15) is 0 Å². The molecule has 0 radical (unpaired) electrons. The molecule has 1 atom stereocenters. The average molecular weight is 260 g/mol. The molecule has 0 heterocycles. The predicted octanol–water partition coefficient (Wildman–Crippen LogP) is 1.79. The van der Waals surface area contributed by atoms with Gasteiger partial charge in [0.25, 0.3) is 0 Å². The molecule has 106 valence electrons. The molecule has 0 aliphatic heterocycles. The van der Waals surface area contributed by atoms with E-state index in [2.05, 4.69) is 0 Å². The maximum Gasteiger partial charge on any atom is 0.311 e. The van der Waals surface area contributed by atoms with Crippen LogP contribution in [0.1, 0.15) is 34.1 Å². The lowest BCUT2D eigenvalue weighted by Crippen LogP contribution is -2.32. The number of carbonyl (C=O) groups is 2. The monoisotopic (exact) mass is 260 g/mol. The lowest BCUT2D eigenvalue weighted by molar-refractivity contribution is -0.158. The lowest BCUT2D eigenvalue weighted by atomic mass is 9.83. The van der Waals surface area contributed by atoms with Crippen LogP contribution in [0.4, 0.5) is 0 Å². The van der Waals surface area contributed by atoms with Crippen molar-refractivity contribution in [2.75, 3.05) is 26.9 Å². The molecule has 18 heavy (non-hydrogen) atoms. The third-order valence-corrected chi connectivity index (χ3v) is 2.58. The highest BCUT2D eigenvalue weighted by Crippen LogP contribution is 2.27. The molecule has 1 unspecified atom stereocenters. The van der Waals surface area contributed by atoms with Crippen molar-refractivity contribution < 1.29 is 23.8 Å². The second kappa shape index (κ2) is 8.08. The van der Waals surface area contributed by atoms with Gasteiger partial charge in [0.05, 0.1) is 24.5 Å². The largest absolute Gasteiger partial charge is 0.466 e. The van der Waals surface area contributed by atoms with Crippen LogP contribution >= 0.6 is 0 Å². The van der Waals surface area contributed by atoms with E-state index in [1.54, 1.807) is 34.8 Å². The first kappa shape index (κ1) is 16.9. The summed E-state index contributed by atoms with van der Waals surface area (Å²) in [5, 5.41) is 0. The lowest BCUT2D eigenvalue weighted by Gasteiger charge is -2.25. The summed E-state index contributed by atoms with van der Waals surface area (Å²) in [6.07, 6.45) is 0.400. The Morgan fingerprint density at radius 1 is 1.17 bits per heavy atom. The molecule has 0 bridgehead atoms. The first-order chi connectivity index (χ1) is 8.35. The predicted molar refractivity (Wildman–Crippen MR) is 67.0 cm³/mol. The van der Waals surface area contributed by atoms with Gasteiger partial charge < -0.3 is 14.2 Å². The van der Waals surface area contributed by atoms with Crippen molar-refractivity contribution in [3.63, 3.8) is 0 Å². The Bertz CT molecular complexity index is 273. The maximum atomic E-state index is 11.8. The molecule has 0 saturated carbocycles. The summed E-state index contributed by atoms with van der Waals surface area (Å²) in [5.74, 6) is -0.930.